The van der Waals surface area contributed by atoms with Crippen molar-refractivity contribution in [2.24, 2.45) is 5.41 Å². The third-order valence-electron chi connectivity index (χ3n) is 6.30. The molecular formula is C24H31N3O3. The average molecular weight is 410 g/mol. The fraction of sp³-hybridized carbons (Fsp3) is 0.542. The van der Waals surface area contributed by atoms with E-state index in [0.717, 1.165) is 32.1 Å². The number of nitriles is 1. The third-order valence-corrected chi connectivity index (χ3v) is 6.30. The Morgan fingerprint density at radius 1 is 1.27 bits per heavy atom. The number of nitrogens with zero attached hydrogens (tertiary/aromatic N) is 2. The highest BCUT2D eigenvalue weighted by atomic mass is 16.3. The lowest BCUT2D eigenvalue weighted by Crippen LogP contribution is -2.45. The number of hydrogen-bond acceptors (Lipinski definition) is 5. The Morgan fingerprint density at radius 3 is 2.57 bits per heavy atom. The highest BCUT2D eigenvalue weighted by Gasteiger charge is 2.39. The summed E-state index contributed by atoms with van der Waals surface area (Å²) in [6, 6.07) is 7.39. The van der Waals surface area contributed by atoms with Crippen LogP contribution >= 0.6 is 0 Å². The Morgan fingerprint density at radius 2 is 1.97 bits per heavy atom. The summed E-state index contributed by atoms with van der Waals surface area (Å²) >= 11 is 0. The van der Waals surface area contributed by atoms with Crippen molar-refractivity contribution in [2.45, 2.75) is 77.5 Å². The maximum absolute atomic E-state index is 12.7. The van der Waals surface area contributed by atoms with Crippen molar-refractivity contribution in [3.63, 3.8) is 0 Å². The molecular weight excluding hydrogens is 378 g/mol. The van der Waals surface area contributed by atoms with Crippen molar-refractivity contribution in [3.8, 4) is 6.07 Å². The van der Waals surface area contributed by atoms with Crippen LogP contribution in [-0.4, -0.2) is 35.5 Å². The first kappa shape index (κ1) is 22.0. The minimum Gasteiger partial charge on any atom is -0.393 e. The predicted octanol–water partition coefficient (Wildman–Crippen LogP) is 3.94. The van der Waals surface area contributed by atoms with Crippen LogP contribution in [0.2, 0.25) is 0 Å². The number of benzene rings is 1. The van der Waals surface area contributed by atoms with Crippen molar-refractivity contribution >= 4 is 23.6 Å². The second-order valence-corrected chi connectivity index (χ2v) is 9.23. The van der Waals surface area contributed by atoms with Crippen LogP contribution in [0.15, 0.2) is 29.8 Å². The highest BCUT2D eigenvalue weighted by Crippen LogP contribution is 2.40. The fourth-order valence-electron chi connectivity index (χ4n) is 4.69. The van der Waals surface area contributed by atoms with Crippen LogP contribution in [0.1, 0.15) is 64.9 Å². The molecule has 160 valence electrons. The molecule has 0 aliphatic heterocycles. The van der Waals surface area contributed by atoms with Gasteiger partial charge in [0.1, 0.15) is 6.07 Å². The topological polar surface area (TPSA) is 93.4 Å². The van der Waals surface area contributed by atoms with E-state index in [1.807, 2.05) is 19.1 Å². The van der Waals surface area contributed by atoms with Crippen LogP contribution in [0.3, 0.4) is 0 Å². The van der Waals surface area contributed by atoms with Gasteiger partial charge in [0.25, 0.3) is 0 Å². The molecule has 2 aliphatic rings. The number of Topliss-reactive ketones (excluding diaryl/α,β-unsaturated/α-hetero) is 1. The third kappa shape index (κ3) is 4.73. The standard InChI is InChI=1S/C24H31N3O3/c1-4-20-22(12-24(2,3)13-23(20)30)27(15-28)18-8-5-16(14-25)21(11-18)26-17-6-9-19(29)10-7-17/h4-5,8,11,15,17,19,22,26,29H,6-7,9-10,12-13H2,1-3H3/b20-4-. The Hall–Kier alpha value is -2.65. The molecule has 2 aliphatic carbocycles. The van der Waals surface area contributed by atoms with Gasteiger partial charge >= 0.3 is 0 Å². The molecule has 3 rings (SSSR count). The van der Waals surface area contributed by atoms with Gasteiger partial charge in [-0.3, -0.25) is 9.59 Å². The minimum atomic E-state index is -0.325. The minimum absolute atomic E-state index is 0.0818. The number of aliphatic hydroxyl groups excluding tert-OH is 1. The molecule has 0 spiro atoms. The number of nitrogens with one attached hydrogen (secondary N) is 1. The van der Waals surface area contributed by atoms with Crippen LogP contribution in [-0.2, 0) is 9.59 Å². The number of hydrogen-bond donors (Lipinski definition) is 2. The van der Waals surface area contributed by atoms with Crippen LogP contribution in [0.4, 0.5) is 11.4 Å². The Kier molecular flexibility index (Phi) is 6.62. The summed E-state index contributed by atoms with van der Waals surface area (Å²) in [6.07, 6.45) is 6.67. The fourth-order valence-corrected chi connectivity index (χ4v) is 4.69. The van der Waals surface area contributed by atoms with Gasteiger partial charge in [-0.15, -0.1) is 0 Å². The number of anilines is 2. The zero-order chi connectivity index (χ0) is 21.9. The maximum atomic E-state index is 12.7. The molecule has 1 aromatic rings. The molecule has 2 saturated carbocycles. The van der Waals surface area contributed by atoms with Gasteiger partial charge < -0.3 is 15.3 Å². The zero-order valence-electron chi connectivity index (χ0n) is 18.0. The zero-order valence-corrected chi connectivity index (χ0v) is 18.0. The molecule has 6 heteroatoms. The highest BCUT2D eigenvalue weighted by molar-refractivity contribution is 6.00. The van der Waals surface area contributed by atoms with E-state index in [0.29, 0.717) is 35.4 Å². The molecule has 0 radical (unpaired) electrons. The predicted molar refractivity (Wildman–Crippen MR) is 117 cm³/mol. The van der Waals surface area contributed by atoms with Crippen LogP contribution in [0, 0.1) is 16.7 Å². The first-order valence-electron chi connectivity index (χ1n) is 10.7. The van der Waals surface area contributed by atoms with Gasteiger partial charge in [-0.1, -0.05) is 19.9 Å². The summed E-state index contributed by atoms with van der Waals surface area (Å²) in [5, 5.41) is 22.7. The molecule has 0 aromatic heterocycles. The maximum Gasteiger partial charge on any atom is 0.214 e. The number of allylic oxidation sites excluding steroid dienone is 1. The van der Waals surface area contributed by atoms with Gasteiger partial charge in [0.15, 0.2) is 5.78 Å². The van der Waals surface area contributed by atoms with Crippen molar-refractivity contribution in [2.75, 3.05) is 10.2 Å². The Labute approximate surface area is 178 Å². The molecule has 30 heavy (non-hydrogen) atoms. The number of ketones is 1. The summed E-state index contributed by atoms with van der Waals surface area (Å²) in [7, 11) is 0. The summed E-state index contributed by atoms with van der Waals surface area (Å²) in [5.74, 6) is 0.0818. The normalized spacial score (nSPS) is 27.4. The van der Waals surface area contributed by atoms with Crippen molar-refractivity contribution in [1.29, 1.82) is 5.26 Å². The quantitative estimate of drug-likeness (QED) is 0.567. The van der Waals surface area contributed by atoms with E-state index in [-0.39, 0.29) is 29.4 Å². The Balaban J connectivity index is 1.92. The van der Waals surface area contributed by atoms with Gasteiger partial charge in [-0.05, 0) is 62.6 Å². The molecule has 6 nitrogen and oxygen atoms in total. The summed E-state index contributed by atoms with van der Waals surface area (Å²) < 4.78 is 0. The van der Waals surface area contributed by atoms with Gasteiger partial charge in [0.05, 0.1) is 23.4 Å². The number of carbonyl (C=O) groups excluding carboxylic acids is 2. The van der Waals surface area contributed by atoms with Crippen LogP contribution < -0.4 is 10.2 Å². The molecule has 1 unspecified atom stereocenters. The molecule has 0 heterocycles. The van der Waals surface area contributed by atoms with Crippen LogP contribution in [0.25, 0.3) is 0 Å². The molecule has 0 bridgehead atoms. The van der Waals surface area contributed by atoms with Crippen LogP contribution in [0.5, 0.6) is 0 Å². The first-order chi connectivity index (χ1) is 14.3. The lowest BCUT2D eigenvalue weighted by atomic mass is 9.71. The van der Waals surface area contributed by atoms with E-state index in [9.17, 15) is 20.0 Å². The lowest BCUT2D eigenvalue weighted by Gasteiger charge is -2.40. The van der Waals surface area contributed by atoms with E-state index in [2.05, 4.69) is 25.2 Å². The second kappa shape index (κ2) is 9.01. The molecule has 0 saturated heterocycles. The van der Waals surface area contributed by atoms with Gasteiger partial charge in [0, 0.05) is 23.7 Å². The molecule has 1 atom stereocenters. The number of rotatable bonds is 5. The van der Waals surface area contributed by atoms with Crippen molar-refractivity contribution < 1.29 is 14.7 Å². The molecule has 1 aromatic carbocycles. The van der Waals surface area contributed by atoms with Crippen molar-refractivity contribution in [1.82, 2.24) is 0 Å². The SMILES string of the molecule is C/C=C1\C(=O)CC(C)(C)CC1N(C=O)c1ccc(C#N)c(NC2CCC(O)CC2)c1. The lowest BCUT2D eigenvalue weighted by molar-refractivity contribution is -0.119. The smallest absolute Gasteiger partial charge is 0.214 e. The average Bonchev–Trinajstić information content (AvgIpc) is 2.69. The largest absolute Gasteiger partial charge is 0.393 e. The summed E-state index contributed by atoms with van der Waals surface area (Å²) in [6.45, 7) is 5.94. The van der Waals surface area contributed by atoms with Crippen molar-refractivity contribution in [3.05, 3.63) is 35.4 Å². The van der Waals surface area contributed by atoms with Gasteiger partial charge in [0.2, 0.25) is 6.41 Å². The van der Waals surface area contributed by atoms with E-state index >= 15 is 0 Å². The van der Waals surface area contributed by atoms with E-state index in [4.69, 9.17) is 0 Å². The second-order valence-electron chi connectivity index (χ2n) is 9.23. The number of aliphatic hydroxyl groups is 1. The molecule has 1 amide bonds. The summed E-state index contributed by atoms with van der Waals surface area (Å²) in [4.78, 5) is 26.4. The van der Waals surface area contributed by atoms with E-state index in [1.165, 1.54) is 0 Å². The molecule has 2 fully saturated rings. The van der Waals surface area contributed by atoms with Gasteiger partial charge in [-0.25, -0.2) is 0 Å². The molecule has 2 N–H and O–H groups in total. The Bertz CT molecular complexity index is 876. The first-order valence-corrected chi connectivity index (χ1v) is 10.7. The monoisotopic (exact) mass is 409 g/mol. The van der Waals surface area contributed by atoms with Gasteiger partial charge in [-0.2, -0.15) is 5.26 Å². The van der Waals surface area contributed by atoms with E-state index < -0.39 is 0 Å². The number of carbonyl (C=O) groups is 2. The van der Waals surface area contributed by atoms with E-state index in [1.54, 1.807) is 17.0 Å². The number of amides is 1. The summed E-state index contributed by atoms with van der Waals surface area (Å²) in [5.41, 5.74) is 2.35.